The van der Waals surface area contributed by atoms with E-state index in [4.69, 9.17) is 9.47 Å². The molecule has 0 unspecified atom stereocenters. The fourth-order valence-electron chi connectivity index (χ4n) is 4.85. The van der Waals surface area contributed by atoms with Gasteiger partial charge in [-0.15, -0.1) is 0 Å². The summed E-state index contributed by atoms with van der Waals surface area (Å²) < 4.78 is 14.3. The van der Waals surface area contributed by atoms with Crippen LogP contribution in [0.15, 0.2) is 91.0 Å². The first-order valence-corrected chi connectivity index (χ1v) is 14.4. The molecule has 3 nitrogen and oxygen atoms in total. The maximum Gasteiger partial charge on any atom is 0.119 e. The SMILES string of the molecule is CCCCCCCCOc1ccc(CCCn2c(C)ccc2-c2ccc(OCc3ccccc3)cc2)cc1. The van der Waals surface area contributed by atoms with Crippen LogP contribution >= 0.6 is 0 Å². The Morgan fingerprint density at radius 3 is 2.05 bits per heavy atom. The van der Waals surface area contributed by atoms with Crippen LogP contribution in [0.25, 0.3) is 11.3 Å². The lowest BCUT2D eigenvalue weighted by Gasteiger charge is -2.13. The molecule has 0 atom stereocenters. The van der Waals surface area contributed by atoms with Gasteiger partial charge in [-0.3, -0.25) is 0 Å². The van der Waals surface area contributed by atoms with Crippen molar-refractivity contribution in [2.45, 2.75) is 78.4 Å². The Morgan fingerprint density at radius 2 is 1.29 bits per heavy atom. The lowest BCUT2D eigenvalue weighted by Crippen LogP contribution is -2.04. The van der Waals surface area contributed by atoms with E-state index in [9.17, 15) is 0 Å². The molecule has 0 saturated carbocycles. The summed E-state index contributed by atoms with van der Waals surface area (Å²) in [7, 11) is 0. The first kappa shape index (κ1) is 27.6. The van der Waals surface area contributed by atoms with Crippen LogP contribution < -0.4 is 9.47 Å². The third kappa shape index (κ3) is 8.55. The van der Waals surface area contributed by atoms with Crippen LogP contribution in [0.2, 0.25) is 0 Å². The molecule has 1 aromatic heterocycles. The maximum atomic E-state index is 5.97. The molecular formula is C35H43NO2. The average molecular weight is 510 g/mol. The van der Waals surface area contributed by atoms with Gasteiger partial charge in [0.2, 0.25) is 0 Å². The van der Waals surface area contributed by atoms with Gasteiger partial charge < -0.3 is 14.0 Å². The highest BCUT2D eigenvalue weighted by Crippen LogP contribution is 2.26. The Bertz CT molecular complexity index is 1190. The van der Waals surface area contributed by atoms with Crippen LogP contribution in [0.1, 0.15) is 68.7 Å². The number of aromatic nitrogens is 1. The zero-order valence-corrected chi connectivity index (χ0v) is 23.2. The molecule has 200 valence electrons. The van der Waals surface area contributed by atoms with E-state index in [0.717, 1.165) is 43.9 Å². The largest absolute Gasteiger partial charge is 0.494 e. The molecule has 0 spiro atoms. The topological polar surface area (TPSA) is 23.4 Å². The minimum Gasteiger partial charge on any atom is -0.494 e. The standard InChI is InChI=1S/C35H43NO2/c1-3-4-5-6-7-11-27-37-33-21-17-30(18-22-33)15-12-26-36-29(2)16-25-35(36)32-19-23-34(24-20-32)38-28-31-13-9-8-10-14-31/h8-10,13-14,16-25H,3-7,11-12,15,26-28H2,1-2H3. The van der Waals surface area contributed by atoms with Crippen LogP contribution in [0, 0.1) is 6.92 Å². The molecular weight excluding hydrogens is 466 g/mol. The molecule has 4 aromatic rings. The Labute approximate surface area is 229 Å². The summed E-state index contributed by atoms with van der Waals surface area (Å²) in [6.07, 6.45) is 9.90. The lowest BCUT2D eigenvalue weighted by atomic mass is 10.1. The van der Waals surface area contributed by atoms with Gasteiger partial charge in [0.05, 0.1) is 6.61 Å². The van der Waals surface area contributed by atoms with Crippen molar-refractivity contribution in [1.29, 1.82) is 0 Å². The number of unbranched alkanes of at least 4 members (excludes halogenated alkanes) is 5. The molecule has 0 aliphatic carbocycles. The Kier molecular flexibility index (Phi) is 10.9. The Balaban J connectivity index is 1.23. The zero-order valence-electron chi connectivity index (χ0n) is 23.2. The molecule has 0 radical (unpaired) electrons. The van der Waals surface area contributed by atoms with Crippen molar-refractivity contribution < 1.29 is 9.47 Å². The summed E-state index contributed by atoms with van der Waals surface area (Å²) in [5, 5.41) is 0. The molecule has 0 aliphatic heterocycles. The van der Waals surface area contributed by atoms with E-state index in [1.165, 1.54) is 60.2 Å². The van der Waals surface area contributed by atoms with Crippen molar-refractivity contribution in [2.24, 2.45) is 0 Å². The van der Waals surface area contributed by atoms with Crippen LogP contribution in [0.3, 0.4) is 0 Å². The van der Waals surface area contributed by atoms with Gasteiger partial charge in [0.15, 0.2) is 0 Å². The van der Waals surface area contributed by atoms with Gasteiger partial charge >= 0.3 is 0 Å². The van der Waals surface area contributed by atoms with Crippen LogP contribution in [0.4, 0.5) is 0 Å². The summed E-state index contributed by atoms with van der Waals surface area (Å²) in [4.78, 5) is 0. The summed E-state index contributed by atoms with van der Waals surface area (Å²) in [6.45, 7) is 6.85. The van der Waals surface area contributed by atoms with Crippen LogP contribution in [-0.2, 0) is 19.6 Å². The van der Waals surface area contributed by atoms with Crippen molar-refractivity contribution in [2.75, 3.05) is 6.61 Å². The second kappa shape index (κ2) is 15.1. The second-order valence-electron chi connectivity index (χ2n) is 10.2. The predicted molar refractivity (Wildman–Crippen MR) is 159 cm³/mol. The average Bonchev–Trinajstić information content (AvgIpc) is 3.33. The molecule has 4 rings (SSSR count). The molecule has 0 N–H and O–H groups in total. The van der Waals surface area contributed by atoms with Gasteiger partial charge in [0.25, 0.3) is 0 Å². The normalized spacial score (nSPS) is 11.0. The van der Waals surface area contributed by atoms with E-state index in [2.05, 4.69) is 91.2 Å². The summed E-state index contributed by atoms with van der Waals surface area (Å²) >= 11 is 0. The van der Waals surface area contributed by atoms with E-state index in [0.29, 0.717) is 6.61 Å². The molecule has 1 heterocycles. The molecule has 0 fully saturated rings. The van der Waals surface area contributed by atoms with Gasteiger partial charge in [0, 0.05) is 17.9 Å². The Morgan fingerprint density at radius 1 is 0.605 bits per heavy atom. The second-order valence-corrected chi connectivity index (χ2v) is 10.2. The van der Waals surface area contributed by atoms with Crippen molar-refractivity contribution >= 4 is 0 Å². The molecule has 0 saturated heterocycles. The van der Waals surface area contributed by atoms with Crippen LogP contribution in [0.5, 0.6) is 11.5 Å². The third-order valence-corrected chi connectivity index (χ3v) is 7.13. The number of rotatable bonds is 16. The first-order valence-electron chi connectivity index (χ1n) is 14.4. The van der Waals surface area contributed by atoms with E-state index >= 15 is 0 Å². The number of hydrogen-bond acceptors (Lipinski definition) is 2. The number of aryl methyl sites for hydroxylation is 2. The number of nitrogens with zero attached hydrogens (tertiary/aromatic N) is 1. The van der Waals surface area contributed by atoms with E-state index < -0.39 is 0 Å². The lowest BCUT2D eigenvalue weighted by molar-refractivity contribution is 0.304. The number of ether oxygens (including phenoxy) is 2. The molecule has 0 aliphatic rings. The fraction of sp³-hybridized carbons (Fsp3) is 0.371. The highest BCUT2D eigenvalue weighted by atomic mass is 16.5. The summed E-state index contributed by atoms with van der Waals surface area (Å²) in [6, 6.07) is 31.9. The van der Waals surface area contributed by atoms with Crippen molar-refractivity contribution in [1.82, 2.24) is 4.57 Å². The predicted octanol–water partition coefficient (Wildman–Crippen LogP) is 9.41. The van der Waals surface area contributed by atoms with Gasteiger partial charge in [-0.05, 0) is 91.4 Å². The fourth-order valence-corrected chi connectivity index (χ4v) is 4.85. The van der Waals surface area contributed by atoms with Crippen molar-refractivity contribution in [3.8, 4) is 22.8 Å². The van der Waals surface area contributed by atoms with E-state index in [1.807, 2.05) is 18.2 Å². The molecule has 3 heteroatoms. The zero-order chi connectivity index (χ0) is 26.4. The maximum absolute atomic E-state index is 5.97. The van der Waals surface area contributed by atoms with Gasteiger partial charge in [-0.2, -0.15) is 0 Å². The highest BCUT2D eigenvalue weighted by Gasteiger charge is 2.08. The smallest absolute Gasteiger partial charge is 0.119 e. The molecule has 0 bridgehead atoms. The Hall–Kier alpha value is -3.46. The monoisotopic (exact) mass is 509 g/mol. The first-order chi connectivity index (χ1) is 18.7. The minimum atomic E-state index is 0.585. The van der Waals surface area contributed by atoms with Gasteiger partial charge in [-0.25, -0.2) is 0 Å². The molecule has 38 heavy (non-hydrogen) atoms. The molecule has 3 aromatic carbocycles. The summed E-state index contributed by atoms with van der Waals surface area (Å²) in [5.41, 5.74) is 6.31. The number of hydrogen-bond donors (Lipinski definition) is 0. The van der Waals surface area contributed by atoms with Crippen LogP contribution in [-0.4, -0.2) is 11.2 Å². The quantitative estimate of drug-likeness (QED) is 0.140. The van der Waals surface area contributed by atoms with Crippen molar-refractivity contribution in [3.63, 3.8) is 0 Å². The van der Waals surface area contributed by atoms with E-state index in [-0.39, 0.29) is 0 Å². The third-order valence-electron chi connectivity index (χ3n) is 7.13. The minimum absolute atomic E-state index is 0.585. The highest BCUT2D eigenvalue weighted by molar-refractivity contribution is 5.62. The van der Waals surface area contributed by atoms with E-state index in [1.54, 1.807) is 0 Å². The van der Waals surface area contributed by atoms with Crippen molar-refractivity contribution in [3.05, 3.63) is 108 Å². The van der Waals surface area contributed by atoms with Gasteiger partial charge in [-0.1, -0.05) is 81.5 Å². The van der Waals surface area contributed by atoms with Gasteiger partial charge in [0.1, 0.15) is 18.1 Å². The summed E-state index contributed by atoms with van der Waals surface area (Å²) in [5.74, 6) is 1.88. The molecule has 0 amide bonds. The number of benzene rings is 3.